The number of hydrogen-bond donors (Lipinski definition) is 0. The lowest BCUT2D eigenvalue weighted by Crippen LogP contribution is -2.36. The van der Waals surface area contributed by atoms with E-state index in [1.165, 1.54) is 19.2 Å². The summed E-state index contributed by atoms with van der Waals surface area (Å²) in [7, 11) is -2.29. The standard InChI is InChI=1S/C23H21ClN2O3S/c1-16-14-17-8-6-7-11-22(17)26(16)23(27)20-15-18(12-13-21(20)24)25(2)30(28,29)19-9-4-3-5-10-19/h3-13,15-16H,14H2,1-2H3/t16-/m1/s1. The normalized spacial score (nSPS) is 15.7. The topological polar surface area (TPSA) is 57.7 Å². The second-order valence-electron chi connectivity index (χ2n) is 7.31. The maximum absolute atomic E-state index is 13.4. The van der Waals surface area contributed by atoms with Crippen LogP contribution < -0.4 is 9.21 Å². The number of para-hydroxylation sites is 1. The molecule has 0 aromatic heterocycles. The molecule has 0 bridgehead atoms. The smallest absolute Gasteiger partial charge is 0.264 e. The molecular formula is C23H21ClN2O3S. The van der Waals surface area contributed by atoms with E-state index < -0.39 is 10.0 Å². The lowest BCUT2D eigenvalue weighted by molar-refractivity contribution is 0.0981. The molecule has 0 spiro atoms. The van der Waals surface area contributed by atoms with Gasteiger partial charge < -0.3 is 4.90 Å². The van der Waals surface area contributed by atoms with Crippen LogP contribution in [0.15, 0.2) is 77.7 Å². The van der Waals surface area contributed by atoms with Gasteiger partial charge in [0.2, 0.25) is 0 Å². The number of amides is 1. The Labute approximate surface area is 181 Å². The van der Waals surface area contributed by atoms with Crippen LogP contribution in [0, 0.1) is 0 Å². The van der Waals surface area contributed by atoms with E-state index in [4.69, 9.17) is 11.6 Å². The molecule has 4 rings (SSSR count). The Balaban J connectivity index is 1.72. The molecule has 1 aliphatic heterocycles. The predicted octanol–water partition coefficient (Wildman–Crippen LogP) is 4.76. The van der Waals surface area contributed by atoms with Gasteiger partial charge in [0.25, 0.3) is 15.9 Å². The molecule has 0 unspecified atom stereocenters. The van der Waals surface area contributed by atoms with Crippen LogP contribution in [-0.2, 0) is 16.4 Å². The highest BCUT2D eigenvalue weighted by molar-refractivity contribution is 7.92. The zero-order valence-electron chi connectivity index (χ0n) is 16.6. The molecule has 1 atom stereocenters. The van der Waals surface area contributed by atoms with Crippen molar-refractivity contribution in [2.24, 2.45) is 0 Å². The Hall–Kier alpha value is -2.83. The first-order valence-corrected chi connectivity index (χ1v) is 11.4. The number of rotatable bonds is 4. The molecule has 0 aliphatic carbocycles. The van der Waals surface area contributed by atoms with Crippen LogP contribution in [0.2, 0.25) is 5.02 Å². The molecule has 0 radical (unpaired) electrons. The summed E-state index contributed by atoms with van der Waals surface area (Å²) in [6, 6.07) is 20.6. The first-order valence-electron chi connectivity index (χ1n) is 9.55. The second kappa shape index (κ2) is 7.78. The van der Waals surface area contributed by atoms with Crippen LogP contribution in [0.4, 0.5) is 11.4 Å². The third kappa shape index (κ3) is 3.46. The van der Waals surface area contributed by atoms with Crippen molar-refractivity contribution in [2.45, 2.75) is 24.3 Å². The van der Waals surface area contributed by atoms with Gasteiger partial charge in [-0.25, -0.2) is 8.42 Å². The molecule has 3 aromatic carbocycles. The van der Waals surface area contributed by atoms with Crippen molar-refractivity contribution >= 4 is 38.9 Å². The second-order valence-corrected chi connectivity index (χ2v) is 9.68. The van der Waals surface area contributed by atoms with E-state index in [-0.39, 0.29) is 27.4 Å². The number of nitrogens with zero attached hydrogens (tertiary/aromatic N) is 2. The Morgan fingerprint density at radius 2 is 1.70 bits per heavy atom. The van der Waals surface area contributed by atoms with Gasteiger partial charge in [-0.1, -0.05) is 48.0 Å². The van der Waals surface area contributed by atoms with Crippen molar-refractivity contribution in [3.63, 3.8) is 0 Å². The summed E-state index contributed by atoms with van der Waals surface area (Å²) in [4.78, 5) is 15.3. The quantitative estimate of drug-likeness (QED) is 0.587. The third-order valence-electron chi connectivity index (χ3n) is 5.37. The molecule has 3 aromatic rings. The average molecular weight is 441 g/mol. The Kier molecular flexibility index (Phi) is 5.30. The van der Waals surface area contributed by atoms with Crippen LogP contribution >= 0.6 is 11.6 Å². The molecule has 0 saturated carbocycles. The molecule has 1 heterocycles. The number of fused-ring (bicyclic) bond motifs is 1. The van der Waals surface area contributed by atoms with Crippen LogP contribution in [0.5, 0.6) is 0 Å². The number of anilines is 2. The van der Waals surface area contributed by atoms with Crippen molar-refractivity contribution < 1.29 is 13.2 Å². The zero-order valence-corrected chi connectivity index (χ0v) is 18.2. The highest BCUT2D eigenvalue weighted by atomic mass is 35.5. The van der Waals surface area contributed by atoms with E-state index >= 15 is 0 Å². The van der Waals surface area contributed by atoms with Crippen LogP contribution in [0.3, 0.4) is 0 Å². The van der Waals surface area contributed by atoms with E-state index in [0.29, 0.717) is 5.69 Å². The Bertz CT molecular complexity index is 1210. The van der Waals surface area contributed by atoms with Crippen LogP contribution in [-0.4, -0.2) is 27.4 Å². The first-order chi connectivity index (χ1) is 14.3. The Morgan fingerprint density at radius 1 is 1.03 bits per heavy atom. The van der Waals surface area contributed by atoms with E-state index in [9.17, 15) is 13.2 Å². The van der Waals surface area contributed by atoms with Gasteiger partial charge in [-0.2, -0.15) is 0 Å². The molecular weight excluding hydrogens is 420 g/mol. The number of carbonyl (C=O) groups excluding carboxylic acids is 1. The predicted molar refractivity (Wildman–Crippen MR) is 120 cm³/mol. The van der Waals surface area contributed by atoms with E-state index in [1.807, 2.05) is 31.2 Å². The summed E-state index contributed by atoms with van der Waals surface area (Å²) < 4.78 is 27.1. The van der Waals surface area contributed by atoms with Crippen molar-refractivity contribution in [3.05, 3.63) is 88.9 Å². The minimum atomic E-state index is -3.76. The monoisotopic (exact) mass is 440 g/mol. The molecule has 5 nitrogen and oxygen atoms in total. The van der Waals surface area contributed by atoms with Crippen molar-refractivity contribution in [1.82, 2.24) is 0 Å². The van der Waals surface area contributed by atoms with E-state index in [0.717, 1.165) is 22.0 Å². The minimum absolute atomic E-state index is 0.0135. The van der Waals surface area contributed by atoms with Gasteiger partial charge in [0.05, 0.1) is 21.2 Å². The maximum Gasteiger partial charge on any atom is 0.264 e. The summed E-state index contributed by atoms with van der Waals surface area (Å²) in [5.41, 5.74) is 2.61. The lowest BCUT2D eigenvalue weighted by atomic mass is 10.1. The molecule has 154 valence electrons. The zero-order chi connectivity index (χ0) is 21.5. The SMILES string of the molecule is C[C@@H]1Cc2ccccc2N1C(=O)c1cc(N(C)S(=O)(=O)c2ccccc2)ccc1Cl. The fraction of sp³-hybridized carbons (Fsp3) is 0.174. The maximum atomic E-state index is 13.4. The summed E-state index contributed by atoms with van der Waals surface area (Å²) in [5.74, 6) is -0.246. The number of carbonyl (C=O) groups is 1. The fourth-order valence-corrected chi connectivity index (χ4v) is 5.17. The average Bonchev–Trinajstić information content (AvgIpc) is 3.09. The molecule has 1 amide bonds. The molecule has 7 heteroatoms. The minimum Gasteiger partial charge on any atom is -0.305 e. The first kappa shape index (κ1) is 20.4. The van der Waals surface area contributed by atoms with E-state index in [1.54, 1.807) is 41.3 Å². The van der Waals surface area contributed by atoms with Gasteiger partial charge >= 0.3 is 0 Å². The highest BCUT2D eigenvalue weighted by Crippen LogP contribution is 2.35. The molecule has 0 fully saturated rings. The van der Waals surface area contributed by atoms with Gasteiger partial charge in [0, 0.05) is 18.8 Å². The van der Waals surface area contributed by atoms with Crippen molar-refractivity contribution in [1.29, 1.82) is 0 Å². The van der Waals surface area contributed by atoms with Gasteiger partial charge in [-0.15, -0.1) is 0 Å². The summed E-state index contributed by atoms with van der Waals surface area (Å²) in [6.07, 6.45) is 0.765. The number of sulfonamides is 1. The van der Waals surface area contributed by atoms with Crippen molar-refractivity contribution in [2.75, 3.05) is 16.3 Å². The number of halogens is 1. The molecule has 0 saturated heterocycles. The third-order valence-corrected chi connectivity index (χ3v) is 7.50. The Morgan fingerprint density at radius 3 is 2.43 bits per heavy atom. The number of benzene rings is 3. The van der Waals surface area contributed by atoms with Crippen molar-refractivity contribution in [3.8, 4) is 0 Å². The van der Waals surface area contributed by atoms with Crippen LogP contribution in [0.1, 0.15) is 22.8 Å². The lowest BCUT2D eigenvalue weighted by Gasteiger charge is -2.25. The molecule has 1 aliphatic rings. The van der Waals surface area contributed by atoms with E-state index in [2.05, 4.69) is 0 Å². The van der Waals surface area contributed by atoms with Gasteiger partial charge in [-0.3, -0.25) is 9.10 Å². The summed E-state index contributed by atoms with van der Waals surface area (Å²) in [6.45, 7) is 1.99. The largest absolute Gasteiger partial charge is 0.305 e. The fourth-order valence-electron chi connectivity index (χ4n) is 3.77. The number of hydrogen-bond acceptors (Lipinski definition) is 3. The van der Waals surface area contributed by atoms with Crippen LogP contribution in [0.25, 0.3) is 0 Å². The van der Waals surface area contributed by atoms with Gasteiger partial charge in [0.1, 0.15) is 0 Å². The van der Waals surface area contributed by atoms with Gasteiger partial charge in [-0.05, 0) is 55.3 Å². The summed E-state index contributed by atoms with van der Waals surface area (Å²) >= 11 is 6.36. The molecule has 0 N–H and O–H groups in total. The summed E-state index contributed by atoms with van der Waals surface area (Å²) in [5, 5.41) is 0.283. The highest BCUT2D eigenvalue weighted by Gasteiger charge is 2.32. The van der Waals surface area contributed by atoms with Gasteiger partial charge in [0.15, 0.2) is 0 Å². The molecule has 30 heavy (non-hydrogen) atoms.